The highest BCUT2D eigenvalue weighted by atomic mass is 32.1. The van der Waals surface area contributed by atoms with Gasteiger partial charge in [0, 0.05) is 5.41 Å². The highest BCUT2D eigenvalue weighted by molar-refractivity contribution is 7.80. The first-order chi connectivity index (χ1) is 17.5. The summed E-state index contributed by atoms with van der Waals surface area (Å²) in [5, 5.41) is 22.5. The zero-order valence-electron chi connectivity index (χ0n) is 20.8. The monoisotopic (exact) mass is 494 g/mol. The summed E-state index contributed by atoms with van der Waals surface area (Å²) in [4.78, 5) is 0. The molecule has 2 unspecified atom stereocenters. The summed E-state index contributed by atoms with van der Waals surface area (Å²) in [5.41, 5.74) is 2.98. The molecule has 2 atom stereocenters. The molecule has 0 spiro atoms. The van der Waals surface area contributed by atoms with Gasteiger partial charge in [0.1, 0.15) is 0 Å². The van der Waals surface area contributed by atoms with Crippen molar-refractivity contribution in [3.63, 3.8) is 0 Å². The quantitative estimate of drug-likeness (QED) is 0.166. The lowest BCUT2D eigenvalue weighted by molar-refractivity contribution is 0.0485. The summed E-state index contributed by atoms with van der Waals surface area (Å²) in [6, 6.07) is 41.3. The van der Waals surface area contributed by atoms with Crippen LogP contribution >= 0.6 is 12.2 Å². The van der Waals surface area contributed by atoms with Crippen LogP contribution in [0, 0.1) is 5.41 Å². The van der Waals surface area contributed by atoms with Crippen molar-refractivity contribution in [2.45, 2.75) is 44.1 Å². The Bertz CT molecular complexity index is 1130. The van der Waals surface area contributed by atoms with Gasteiger partial charge < -0.3 is 10.2 Å². The van der Waals surface area contributed by atoms with Gasteiger partial charge in [0.2, 0.25) is 0 Å². The van der Waals surface area contributed by atoms with E-state index in [-0.39, 0.29) is 5.05 Å². The van der Waals surface area contributed by atoms with Gasteiger partial charge in [-0.3, -0.25) is 0 Å². The van der Waals surface area contributed by atoms with E-state index in [2.05, 4.69) is 48.5 Å². The molecule has 0 aliphatic carbocycles. The molecule has 4 aromatic carbocycles. The Labute approximate surface area is 220 Å². The van der Waals surface area contributed by atoms with Crippen molar-refractivity contribution in [1.29, 1.82) is 0 Å². The molecule has 0 aliphatic heterocycles. The van der Waals surface area contributed by atoms with Crippen molar-refractivity contribution in [2.75, 3.05) is 0 Å². The van der Waals surface area contributed by atoms with Crippen molar-refractivity contribution in [3.05, 3.63) is 144 Å². The Morgan fingerprint density at radius 3 is 1.47 bits per heavy atom. The molecule has 2 N–H and O–H groups in total. The van der Waals surface area contributed by atoms with Crippen LogP contribution in [-0.2, 0) is 11.8 Å². The summed E-state index contributed by atoms with van der Waals surface area (Å²) in [6.45, 7) is 1.90. The summed E-state index contributed by atoms with van der Waals surface area (Å²) in [5.74, 6) is 0. The first-order valence-electron chi connectivity index (χ1n) is 12.6. The van der Waals surface area contributed by atoms with E-state index in [0.29, 0.717) is 12.8 Å². The van der Waals surface area contributed by atoms with E-state index in [1.165, 1.54) is 5.56 Å². The molecule has 0 saturated carbocycles. The third kappa shape index (κ3) is 5.43. The molecule has 0 bridgehead atoms. The molecule has 36 heavy (non-hydrogen) atoms. The Balaban J connectivity index is 1.74. The third-order valence-electron chi connectivity index (χ3n) is 7.53. The fourth-order valence-corrected chi connectivity index (χ4v) is 5.50. The predicted octanol–water partition coefficient (Wildman–Crippen LogP) is 7.69. The lowest BCUT2D eigenvalue weighted by Gasteiger charge is -2.42. The van der Waals surface area contributed by atoms with Gasteiger partial charge in [0.05, 0.1) is 11.5 Å². The van der Waals surface area contributed by atoms with Crippen molar-refractivity contribution in [2.24, 2.45) is 5.41 Å². The number of aryl methyl sites for hydroxylation is 1. The zero-order chi connectivity index (χ0) is 25.4. The number of rotatable bonds is 11. The molecule has 4 rings (SSSR count). The maximum atomic E-state index is 11.9. The maximum absolute atomic E-state index is 11.9. The van der Waals surface area contributed by atoms with E-state index in [9.17, 15) is 10.2 Å². The Morgan fingerprint density at radius 1 is 0.694 bits per heavy atom. The SMILES string of the molecule is CC(CCCc1ccccc1)(C(O)=S)C(O)CC(c1ccccc1)(c1ccccc1)c1ccccc1. The predicted molar refractivity (Wildman–Crippen MR) is 153 cm³/mol. The second-order valence-electron chi connectivity index (χ2n) is 9.79. The van der Waals surface area contributed by atoms with Crippen LogP contribution in [0.3, 0.4) is 0 Å². The number of hydrogen-bond acceptors (Lipinski definition) is 2. The van der Waals surface area contributed by atoms with Crippen LogP contribution in [0.4, 0.5) is 0 Å². The molecular formula is C33H34O2S. The van der Waals surface area contributed by atoms with Gasteiger partial charge in [-0.25, -0.2) is 0 Å². The van der Waals surface area contributed by atoms with Crippen LogP contribution in [-0.4, -0.2) is 21.4 Å². The largest absolute Gasteiger partial charge is 0.501 e. The van der Waals surface area contributed by atoms with Gasteiger partial charge in [0.15, 0.2) is 5.05 Å². The van der Waals surface area contributed by atoms with Gasteiger partial charge in [-0.05, 0) is 67.1 Å². The second kappa shape index (κ2) is 11.6. The van der Waals surface area contributed by atoms with Crippen LogP contribution in [0.25, 0.3) is 0 Å². The van der Waals surface area contributed by atoms with E-state index in [0.717, 1.165) is 29.5 Å². The molecule has 0 heterocycles. The molecule has 0 saturated heterocycles. The Hall–Kier alpha value is -3.27. The molecule has 2 nitrogen and oxygen atoms in total. The lowest BCUT2D eigenvalue weighted by atomic mass is 9.63. The maximum Gasteiger partial charge on any atom is 0.165 e. The van der Waals surface area contributed by atoms with Crippen LogP contribution < -0.4 is 0 Å². The summed E-state index contributed by atoms with van der Waals surface area (Å²) < 4.78 is 0. The highest BCUT2D eigenvalue weighted by Gasteiger charge is 2.45. The molecular weight excluding hydrogens is 460 g/mol. The van der Waals surface area contributed by atoms with Crippen LogP contribution in [0.2, 0.25) is 0 Å². The van der Waals surface area contributed by atoms with E-state index < -0.39 is 16.9 Å². The number of thiocarbonyl (C=S) groups is 1. The normalized spacial score (nSPS) is 14.1. The lowest BCUT2D eigenvalue weighted by Crippen LogP contribution is -2.44. The average Bonchev–Trinajstić information content (AvgIpc) is 2.93. The molecule has 4 aromatic rings. The first-order valence-corrected chi connectivity index (χ1v) is 13.0. The molecule has 3 heteroatoms. The van der Waals surface area contributed by atoms with E-state index >= 15 is 0 Å². The molecule has 0 radical (unpaired) electrons. The van der Waals surface area contributed by atoms with Gasteiger partial charge in [-0.15, -0.1) is 0 Å². The molecule has 0 aliphatic rings. The minimum atomic E-state index is -0.923. The second-order valence-corrected chi connectivity index (χ2v) is 10.2. The zero-order valence-corrected chi connectivity index (χ0v) is 21.6. The molecule has 0 aromatic heterocycles. The number of benzene rings is 4. The van der Waals surface area contributed by atoms with Gasteiger partial charge >= 0.3 is 0 Å². The first kappa shape index (κ1) is 25.8. The minimum absolute atomic E-state index is 0.133. The number of hydrogen-bond donors (Lipinski definition) is 2. The fourth-order valence-electron chi connectivity index (χ4n) is 5.26. The highest BCUT2D eigenvalue weighted by Crippen LogP contribution is 2.46. The van der Waals surface area contributed by atoms with E-state index in [1.807, 2.05) is 79.7 Å². The summed E-state index contributed by atoms with van der Waals surface area (Å²) >= 11 is 5.37. The van der Waals surface area contributed by atoms with Crippen LogP contribution in [0.5, 0.6) is 0 Å². The summed E-state index contributed by atoms with van der Waals surface area (Å²) in [7, 11) is 0. The van der Waals surface area contributed by atoms with Gasteiger partial charge in [0.25, 0.3) is 0 Å². The molecule has 0 amide bonds. The smallest absolute Gasteiger partial charge is 0.165 e. The van der Waals surface area contributed by atoms with Crippen molar-refractivity contribution in [3.8, 4) is 0 Å². The van der Waals surface area contributed by atoms with Crippen molar-refractivity contribution < 1.29 is 10.2 Å². The fraction of sp³-hybridized carbons (Fsp3) is 0.242. The minimum Gasteiger partial charge on any atom is -0.501 e. The average molecular weight is 495 g/mol. The molecule has 184 valence electrons. The van der Waals surface area contributed by atoms with Gasteiger partial charge in [-0.1, -0.05) is 121 Å². The topological polar surface area (TPSA) is 40.5 Å². The van der Waals surface area contributed by atoms with Gasteiger partial charge in [-0.2, -0.15) is 0 Å². The number of aliphatic hydroxyl groups excluding tert-OH is 2. The Kier molecular flexibility index (Phi) is 8.35. The number of aliphatic hydroxyl groups is 2. The third-order valence-corrected chi connectivity index (χ3v) is 7.99. The van der Waals surface area contributed by atoms with E-state index in [1.54, 1.807) is 0 Å². The molecule has 0 fully saturated rings. The standard InChI is InChI=1S/C33H34O2S/c1-32(31(35)36,24-14-17-26-15-6-2-7-16-26)30(34)25-33(27-18-8-3-9-19-27,28-20-10-4-11-21-28)29-22-12-5-13-23-29/h2-13,15-16,18-23,30,34H,14,17,24-25H2,1H3,(H,35,36). The van der Waals surface area contributed by atoms with Crippen molar-refractivity contribution >= 4 is 17.3 Å². The van der Waals surface area contributed by atoms with E-state index in [4.69, 9.17) is 12.2 Å². The van der Waals surface area contributed by atoms with Crippen LogP contribution in [0.1, 0.15) is 48.4 Å². The van der Waals surface area contributed by atoms with Crippen LogP contribution in [0.15, 0.2) is 121 Å². The summed E-state index contributed by atoms with van der Waals surface area (Å²) in [6.07, 6.45) is 1.78. The Morgan fingerprint density at radius 2 is 1.08 bits per heavy atom. The van der Waals surface area contributed by atoms with Crippen molar-refractivity contribution in [1.82, 2.24) is 0 Å².